The van der Waals surface area contributed by atoms with Gasteiger partial charge >= 0.3 is 0 Å². The topological polar surface area (TPSA) is 53.8 Å². The van der Waals surface area contributed by atoms with E-state index in [-0.39, 0.29) is 24.4 Å². The minimum atomic E-state index is -0.0781. The highest BCUT2D eigenvalue weighted by molar-refractivity contribution is 5.97. The Hall–Kier alpha value is -3.34. The zero-order valence-electron chi connectivity index (χ0n) is 17.9. The third-order valence-electron chi connectivity index (χ3n) is 5.66. The van der Waals surface area contributed by atoms with Crippen LogP contribution in [0.3, 0.4) is 0 Å². The molecule has 1 fully saturated rings. The molecule has 1 saturated carbocycles. The molecule has 0 saturated heterocycles. The van der Waals surface area contributed by atoms with Gasteiger partial charge in [-0.25, -0.2) is 0 Å². The van der Waals surface area contributed by atoms with Crippen LogP contribution in [0.2, 0.25) is 0 Å². The summed E-state index contributed by atoms with van der Waals surface area (Å²) in [6.07, 6.45) is 4.44. The molecule has 1 heterocycles. The van der Waals surface area contributed by atoms with E-state index in [0.29, 0.717) is 18.7 Å². The predicted octanol–water partition coefficient (Wildman–Crippen LogP) is 4.68. The van der Waals surface area contributed by atoms with Crippen LogP contribution in [-0.4, -0.2) is 34.2 Å². The van der Waals surface area contributed by atoms with E-state index >= 15 is 0 Å². The highest BCUT2D eigenvalue weighted by Gasteiger charge is 2.35. The lowest BCUT2D eigenvalue weighted by Gasteiger charge is -2.27. The maximum absolute atomic E-state index is 13.3. The molecule has 0 bridgehead atoms. The lowest BCUT2D eigenvalue weighted by molar-refractivity contribution is -0.133. The van der Waals surface area contributed by atoms with Gasteiger partial charge in [0.2, 0.25) is 5.91 Å². The van der Waals surface area contributed by atoms with Gasteiger partial charge in [0.15, 0.2) is 0 Å². The van der Waals surface area contributed by atoms with Crippen LogP contribution in [0.25, 0.3) is 0 Å². The number of hydrogen-bond donors (Lipinski definition) is 0. The lowest BCUT2D eigenvalue weighted by Crippen LogP contribution is -2.43. The highest BCUT2D eigenvalue weighted by atomic mass is 16.3. The third kappa shape index (κ3) is 5.43. The van der Waals surface area contributed by atoms with E-state index in [2.05, 4.69) is 6.92 Å². The summed E-state index contributed by atoms with van der Waals surface area (Å²) in [5, 5.41) is 0. The summed E-state index contributed by atoms with van der Waals surface area (Å²) in [6.45, 7) is 3.01. The fraction of sp³-hybridized carbons (Fsp3) is 0.308. The summed E-state index contributed by atoms with van der Waals surface area (Å²) in [4.78, 5) is 30.0. The molecule has 5 heteroatoms. The zero-order valence-corrected chi connectivity index (χ0v) is 17.9. The number of aryl methyl sites for hydroxylation is 1. The average molecular weight is 417 g/mol. The van der Waals surface area contributed by atoms with Gasteiger partial charge in [0.25, 0.3) is 5.91 Å². The molecule has 4 rings (SSSR count). The minimum Gasteiger partial charge on any atom is -0.467 e. The van der Waals surface area contributed by atoms with Gasteiger partial charge in [-0.1, -0.05) is 49.4 Å². The molecule has 160 valence electrons. The molecule has 0 radical (unpaired) electrons. The van der Waals surface area contributed by atoms with Crippen molar-refractivity contribution in [1.82, 2.24) is 9.80 Å². The molecule has 5 nitrogen and oxygen atoms in total. The molecule has 2 aromatic carbocycles. The average Bonchev–Trinajstić information content (AvgIpc) is 3.52. The Kier molecular flexibility index (Phi) is 6.51. The van der Waals surface area contributed by atoms with E-state index in [1.807, 2.05) is 66.7 Å². The second kappa shape index (κ2) is 9.65. The van der Waals surface area contributed by atoms with Crippen molar-refractivity contribution in [2.45, 2.75) is 45.3 Å². The van der Waals surface area contributed by atoms with Crippen LogP contribution in [0.5, 0.6) is 0 Å². The molecule has 1 aliphatic rings. The van der Waals surface area contributed by atoms with Crippen LogP contribution in [0.1, 0.15) is 47.0 Å². The Morgan fingerprint density at radius 3 is 2.26 bits per heavy atom. The summed E-state index contributed by atoms with van der Waals surface area (Å²) in [6, 6.07) is 21.4. The maximum Gasteiger partial charge on any atom is 0.254 e. The molecule has 0 atom stereocenters. The quantitative estimate of drug-likeness (QED) is 0.509. The van der Waals surface area contributed by atoms with Gasteiger partial charge in [0.05, 0.1) is 12.8 Å². The number of carbonyl (C=O) groups excluding carboxylic acids is 2. The summed E-state index contributed by atoms with van der Waals surface area (Å²) in [7, 11) is 0. The van der Waals surface area contributed by atoms with E-state index < -0.39 is 0 Å². The molecule has 3 aromatic rings. The lowest BCUT2D eigenvalue weighted by atomic mass is 10.1. The number of rotatable bonds is 9. The van der Waals surface area contributed by atoms with Crippen molar-refractivity contribution in [3.63, 3.8) is 0 Å². The predicted molar refractivity (Wildman–Crippen MR) is 119 cm³/mol. The molecule has 0 spiro atoms. The molecule has 0 N–H and O–H groups in total. The summed E-state index contributed by atoms with van der Waals surface area (Å²) < 4.78 is 5.48. The molecule has 1 aliphatic carbocycles. The molecular formula is C26H28N2O3. The Labute approximate surface area is 183 Å². The number of hydrogen-bond acceptors (Lipinski definition) is 3. The monoisotopic (exact) mass is 416 g/mol. The minimum absolute atomic E-state index is 0.0730. The first kappa shape index (κ1) is 20.9. The third-order valence-corrected chi connectivity index (χ3v) is 5.66. The SMILES string of the molecule is CCc1ccc(C(=O)N(CC(=O)N(Cc2ccccc2)Cc2ccco2)C2CC2)cc1. The number of amides is 2. The van der Waals surface area contributed by atoms with Crippen molar-refractivity contribution in [3.8, 4) is 0 Å². The second-order valence-corrected chi connectivity index (χ2v) is 8.03. The van der Waals surface area contributed by atoms with E-state index in [1.54, 1.807) is 16.1 Å². The van der Waals surface area contributed by atoms with Crippen molar-refractivity contribution in [2.75, 3.05) is 6.54 Å². The van der Waals surface area contributed by atoms with Gasteiger partial charge in [0, 0.05) is 18.2 Å². The molecule has 31 heavy (non-hydrogen) atoms. The van der Waals surface area contributed by atoms with Crippen LogP contribution in [-0.2, 0) is 24.3 Å². The van der Waals surface area contributed by atoms with Crippen LogP contribution < -0.4 is 0 Å². The molecule has 0 unspecified atom stereocenters. The number of nitrogens with zero attached hydrogens (tertiary/aromatic N) is 2. The van der Waals surface area contributed by atoms with Crippen molar-refractivity contribution < 1.29 is 14.0 Å². The normalized spacial score (nSPS) is 13.1. The van der Waals surface area contributed by atoms with Crippen molar-refractivity contribution in [3.05, 3.63) is 95.4 Å². The van der Waals surface area contributed by atoms with Crippen LogP contribution in [0.15, 0.2) is 77.4 Å². The molecule has 2 amide bonds. The van der Waals surface area contributed by atoms with Gasteiger partial charge in [-0.15, -0.1) is 0 Å². The van der Waals surface area contributed by atoms with Crippen molar-refractivity contribution in [1.29, 1.82) is 0 Å². The molecular weight excluding hydrogens is 388 g/mol. The molecule has 1 aromatic heterocycles. The van der Waals surface area contributed by atoms with Gasteiger partial charge < -0.3 is 14.2 Å². The van der Waals surface area contributed by atoms with E-state index in [4.69, 9.17) is 4.42 Å². The Morgan fingerprint density at radius 1 is 0.903 bits per heavy atom. The Balaban J connectivity index is 1.50. The highest BCUT2D eigenvalue weighted by Crippen LogP contribution is 2.28. The van der Waals surface area contributed by atoms with Gasteiger partial charge in [-0.3, -0.25) is 9.59 Å². The fourth-order valence-corrected chi connectivity index (χ4v) is 3.67. The molecule has 0 aliphatic heterocycles. The Bertz CT molecular complexity index is 993. The van der Waals surface area contributed by atoms with Crippen LogP contribution in [0.4, 0.5) is 0 Å². The van der Waals surface area contributed by atoms with Gasteiger partial charge in [0.1, 0.15) is 12.3 Å². The van der Waals surface area contributed by atoms with E-state index in [9.17, 15) is 9.59 Å². The second-order valence-electron chi connectivity index (χ2n) is 8.03. The first-order chi connectivity index (χ1) is 15.1. The summed E-state index contributed by atoms with van der Waals surface area (Å²) >= 11 is 0. The van der Waals surface area contributed by atoms with Crippen LogP contribution in [0, 0.1) is 0 Å². The van der Waals surface area contributed by atoms with Crippen LogP contribution >= 0.6 is 0 Å². The van der Waals surface area contributed by atoms with Crippen molar-refractivity contribution in [2.24, 2.45) is 0 Å². The number of benzene rings is 2. The number of carbonyl (C=O) groups is 2. The first-order valence-electron chi connectivity index (χ1n) is 10.9. The zero-order chi connectivity index (χ0) is 21.6. The summed E-state index contributed by atoms with van der Waals surface area (Å²) in [5.74, 6) is 0.575. The van der Waals surface area contributed by atoms with Gasteiger partial charge in [-0.05, 0) is 54.7 Å². The maximum atomic E-state index is 13.3. The Morgan fingerprint density at radius 2 is 1.65 bits per heavy atom. The van der Waals surface area contributed by atoms with Crippen molar-refractivity contribution >= 4 is 11.8 Å². The first-order valence-corrected chi connectivity index (χ1v) is 10.9. The standard InChI is InChI=1S/C26H28N2O3/c1-2-20-10-12-22(13-11-20)26(30)28(23-14-15-23)19-25(29)27(18-24-9-6-16-31-24)17-21-7-4-3-5-8-21/h3-13,16,23H,2,14-15,17-19H2,1H3. The fourth-order valence-electron chi connectivity index (χ4n) is 3.67. The van der Waals surface area contributed by atoms with E-state index in [0.717, 1.165) is 30.6 Å². The van der Waals surface area contributed by atoms with E-state index in [1.165, 1.54) is 5.56 Å². The number of furan rings is 1. The summed E-state index contributed by atoms with van der Waals surface area (Å²) in [5.41, 5.74) is 2.87. The van der Waals surface area contributed by atoms with Gasteiger partial charge in [-0.2, -0.15) is 0 Å². The smallest absolute Gasteiger partial charge is 0.254 e. The largest absolute Gasteiger partial charge is 0.467 e.